The van der Waals surface area contributed by atoms with Crippen LogP contribution in [0.1, 0.15) is 36.9 Å². The molecule has 20 heavy (non-hydrogen) atoms. The molecule has 1 aromatic heterocycles. The van der Waals surface area contributed by atoms with Crippen molar-refractivity contribution in [2.45, 2.75) is 46.2 Å². The molecule has 1 heterocycles. The molecule has 0 saturated heterocycles. The molecule has 0 aromatic carbocycles. The predicted octanol–water partition coefficient (Wildman–Crippen LogP) is 2.61. The Morgan fingerprint density at radius 3 is 2.45 bits per heavy atom. The molecule has 2 amide bonds. The Morgan fingerprint density at radius 1 is 1.30 bits per heavy atom. The fourth-order valence-electron chi connectivity index (χ4n) is 1.74. The van der Waals surface area contributed by atoms with Gasteiger partial charge in [0.25, 0.3) is 0 Å². The van der Waals surface area contributed by atoms with E-state index in [0.717, 1.165) is 11.3 Å². The molecule has 5 nitrogen and oxygen atoms in total. The zero-order valence-corrected chi connectivity index (χ0v) is 12.9. The van der Waals surface area contributed by atoms with Crippen LogP contribution in [-0.2, 0) is 17.8 Å². The number of nitrogens with one attached hydrogen (secondary N) is 2. The number of carboxylic acid groups (broad SMARTS) is 1. The van der Waals surface area contributed by atoms with E-state index >= 15 is 0 Å². The van der Waals surface area contributed by atoms with Crippen molar-refractivity contribution in [2.24, 2.45) is 5.92 Å². The molecule has 0 aliphatic heterocycles. The van der Waals surface area contributed by atoms with Crippen LogP contribution in [0, 0.1) is 5.92 Å². The molecule has 1 rings (SSSR count). The number of carbonyl (C=O) groups is 2. The van der Waals surface area contributed by atoms with Crippen molar-refractivity contribution in [3.8, 4) is 0 Å². The number of urea groups is 1. The van der Waals surface area contributed by atoms with Crippen molar-refractivity contribution in [2.75, 3.05) is 0 Å². The maximum atomic E-state index is 11.8. The minimum absolute atomic E-state index is 0.0654. The van der Waals surface area contributed by atoms with E-state index < -0.39 is 5.97 Å². The van der Waals surface area contributed by atoms with Gasteiger partial charge in [0.1, 0.15) is 0 Å². The van der Waals surface area contributed by atoms with Crippen molar-refractivity contribution in [1.29, 1.82) is 0 Å². The molecule has 0 bridgehead atoms. The quantitative estimate of drug-likeness (QED) is 0.724. The summed E-state index contributed by atoms with van der Waals surface area (Å²) in [4.78, 5) is 24.9. The zero-order valence-electron chi connectivity index (χ0n) is 12.1. The second-order valence-electron chi connectivity index (χ2n) is 5.00. The summed E-state index contributed by atoms with van der Waals surface area (Å²) in [6.45, 7) is 6.34. The lowest BCUT2D eigenvalue weighted by Gasteiger charge is -2.20. The van der Waals surface area contributed by atoms with Gasteiger partial charge in [-0.25, -0.2) is 4.79 Å². The van der Waals surface area contributed by atoms with Crippen LogP contribution in [0.3, 0.4) is 0 Å². The molecule has 3 N–H and O–H groups in total. The third-order valence-corrected chi connectivity index (χ3v) is 4.23. The monoisotopic (exact) mass is 298 g/mol. The molecule has 0 radical (unpaired) electrons. The molecule has 1 atom stereocenters. The molecular formula is C14H22N2O3S. The standard InChI is InChI=1S/C14H22N2O3S/c1-4-10-5-6-11(20-10)8-15-14(19)16-12(9(2)3)7-13(17)18/h5-6,9,12H,4,7-8H2,1-3H3,(H,17,18)(H2,15,16,19). The number of hydrogen-bond acceptors (Lipinski definition) is 3. The van der Waals surface area contributed by atoms with Crippen LogP contribution in [0.5, 0.6) is 0 Å². The number of hydrogen-bond donors (Lipinski definition) is 3. The lowest BCUT2D eigenvalue weighted by molar-refractivity contribution is -0.137. The highest BCUT2D eigenvalue weighted by Crippen LogP contribution is 2.16. The van der Waals surface area contributed by atoms with Crippen LogP contribution in [-0.4, -0.2) is 23.1 Å². The van der Waals surface area contributed by atoms with E-state index in [9.17, 15) is 9.59 Å². The molecule has 1 aromatic rings. The van der Waals surface area contributed by atoms with E-state index in [1.807, 2.05) is 19.9 Å². The molecule has 0 spiro atoms. The van der Waals surface area contributed by atoms with Gasteiger partial charge in [0.2, 0.25) is 0 Å². The van der Waals surface area contributed by atoms with Crippen LogP contribution in [0.15, 0.2) is 12.1 Å². The summed E-state index contributed by atoms with van der Waals surface area (Å²) < 4.78 is 0. The van der Waals surface area contributed by atoms with Gasteiger partial charge in [-0.05, 0) is 24.5 Å². The maximum Gasteiger partial charge on any atom is 0.315 e. The third kappa shape index (κ3) is 5.61. The van der Waals surface area contributed by atoms with E-state index in [4.69, 9.17) is 5.11 Å². The lowest BCUT2D eigenvalue weighted by atomic mass is 10.0. The highest BCUT2D eigenvalue weighted by Gasteiger charge is 2.19. The SMILES string of the molecule is CCc1ccc(CNC(=O)NC(CC(=O)O)C(C)C)s1. The Bertz CT molecular complexity index is 457. The molecular weight excluding hydrogens is 276 g/mol. The molecule has 0 aliphatic carbocycles. The van der Waals surface area contributed by atoms with Gasteiger partial charge in [-0.1, -0.05) is 20.8 Å². The first-order valence-electron chi connectivity index (χ1n) is 6.76. The number of rotatable bonds is 7. The zero-order chi connectivity index (χ0) is 15.1. The van der Waals surface area contributed by atoms with Crippen LogP contribution in [0.2, 0.25) is 0 Å². The average molecular weight is 298 g/mol. The van der Waals surface area contributed by atoms with Crippen molar-refractivity contribution < 1.29 is 14.7 Å². The van der Waals surface area contributed by atoms with Crippen molar-refractivity contribution in [3.63, 3.8) is 0 Å². The number of amides is 2. The second-order valence-corrected chi connectivity index (χ2v) is 6.25. The van der Waals surface area contributed by atoms with E-state index in [1.54, 1.807) is 11.3 Å². The number of aryl methyl sites for hydroxylation is 1. The molecule has 0 aliphatic rings. The maximum absolute atomic E-state index is 11.8. The average Bonchev–Trinajstić information content (AvgIpc) is 2.83. The van der Waals surface area contributed by atoms with Crippen LogP contribution in [0.25, 0.3) is 0 Å². The number of carbonyl (C=O) groups excluding carboxylic acids is 1. The van der Waals surface area contributed by atoms with Crippen LogP contribution in [0.4, 0.5) is 4.79 Å². The third-order valence-electron chi connectivity index (χ3n) is 3.00. The predicted molar refractivity (Wildman–Crippen MR) is 79.9 cm³/mol. The summed E-state index contributed by atoms with van der Waals surface area (Å²) in [6.07, 6.45) is 0.926. The minimum atomic E-state index is -0.908. The Labute approximate surface area is 123 Å². The van der Waals surface area contributed by atoms with Crippen molar-refractivity contribution >= 4 is 23.3 Å². The topological polar surface area (TPSA) is 78.4 Å². The van der Waals surface area contributed by atoms with Gasteiger partial charge in [-0.2, -0.15) is 0 Å². The van der Waals surface area contributed by atoms with Gasteiger partial charge in [0.05, 0.1) is 13.0 Å². The lowest BCUT2D eigenvalue weighted by Crippen LogP contribution is -2.45. The summed E-state index contributed by atoms with van der Waals surface area (Å²) in [5, 5.41) is 14.3. The molecule has 112 valence electrons. The molecule has 6 heteroatoms. The minimum Gasteiger partial charge on any atom is -0.481 e. The molecule has 0 fully saturated rings. The normalized spacial score (nSPS) is 12.2. The van der Waals surface area contributed by atoms with E-state index in [0.29, 0.717) is 6.54 Å². The highest BCUT2D eigenvalue weighted by atomic mass is 32.1. The van der Waals surface area contributed by atoms with Gasteiger partial charge in [-0.3, -0.25) is 4.79 Å². The van der Waals surface area contributed by atoms with Crippen LogP contribution < -0.4 is 10.6 Å². The van der Waals surface area contributed by atoms with E-state index in [2.05, 4.69) is 23.6 Å². The second kappa shape index (κ2) is 7.89. The fraction of sp³-hybridized carbons (Fsp3) is 0.571. The fourth-order valence-corrected chi connectivity index (χ4v) is 2.63. The van der Waals surface area contributed by atoms with Gasteiger partial charge < -0.3 is 15.7 Å². The first-order valence-corrected chi connectivity index (χ1v) is 7.57. The largest absolute Gasteiger partial charge is 0.481 e. The Morgan fingerprint density at radius 2 is 1.95 bits per heavy atom. The number of thiophene rings is 1. The summed E-state index contributed by atoms with van der Waals surface area (Å²) in [7, 11) is 0. The van der Waals surface area contributed by atoms with Gasteiger partial charge >= 0.3 is 12.0 Å². The van der Waals surface area contributed by atoms with Crippen molar-refractivity contribution in [3.05, 3.63) is 21.9 Å². The Hall–Kier alpha value is -1.56. The highest BCUT2D eigenvalue weighted by molar-refractivity contribution is 7.11. The molecule has 1 unspecified atom stereocenters. The van der Waals surface area contributed by atoms with Gasteiger partial charge in [0.15, 0.2) is 0 Å². The number of carboxylic acids is 1. The summed E-state index contributed by atoms with van der Waals surface area (Å²) >= 11 is 1.67. The summed E-state index contributed by atoms with van der Waals surface area (Å²) in [5.74, 6) is -0.833. The van der Waals surface area contributed by atoms with E-state index in [1.165, 1.54) is 4.88 Å². The summed E-state index contributed by atoms with van der Waals surface area (Å²) in [6, 6.07) is 3.38. The number of aliphatic carboxylic acids is 1. The Kier molecular flexibility index (Phi) is 6.51. The van der Waals surface area contributed by atoms with E-state index in [-0.39, 0.29) is 24.4 Å². The first kappa shape index (κ1) is 16.5. The van der Waals surface area contributed by atoms with Crippen LogP contribution >= 0.6 is 11.3 Å². The first-order chi connectivity index (χ1) is 9.42. The Balaban J connectivity index is 2.43. The smallest absolute Gasteiger partial charge is 0.315 e. The summed E-state index contributed by atoms with van der Waals surface area (Å²) in [5.41, 5.74) is 0. The van der Waals surface area contributed by atoms with Crippen molar-refractivity contribution in [1.82, 2.24) is 10.6 Å². The van der Waals surface area contributed by atoms with Gasteiger partial charge in [-0.15, -0.1) is 11.3 Å². The van der Waals surface area contributed by atoms with Gasteiger partial charge in [0, 0.05) is 15.8 Å². The molecule has 0 saturated carbocycles.